The van der Waals surface area contributed by atoms with Crippen molar-refractivity contribution in [2.24, 2.45) is 4.99 Å². The van der Waals surface area contributed by atoms with Gasteiger partial charge in [-0.1, -0.05) is 23.8 Å². The van der Waals surface area contributed by atoms with Crippen LogP contribution in [-0.2, 0) is 0 Å². The van der Waals surface area contributed by atoms with E-state index in [0.717, 1.165) is 0 Å². The van der Waals surface area contributed by atoms with Crippen molar-refractivity contribution in [3.8, 4) is 0 Å². The van der Waals surface area contributed by atoms with Gasteiger partial charge in [0.1, 0.15) is 0 Å². The Morgan fingerprint density at radius 2 is 2.20 bits per heavy atom. The zero-order chi connectivity index (χ0) is 7.45. The fourth-order valence-electron chi connectivity index (χ4n) is 0.620. The molecule has 0 spiro atoms. The van der Waals surface area contributed by atoms with Crippen LogP contribution < -0.4 is 0 Å². The summed E-state index contributed by atoms with van der Waals surface area (Å²) < 4.78 is 0. The van der Waals surface area contributed by atoms with E-state index >= 15 is 0 Å². The van der Waals surface area contributed by atoms with Gasteiger partial charge in [0, 0.05) is 6.21 Å². The van der Waals surface area contributed by atoms with E-state index in [1.807, 2.05) is 6.08 Å². The Balaban J connectivity index is 2.80. The molecule has 0 bridgehead atoms. The zero-order valence-electron chi connectivity index (χ0n) is 5.37. The van der Waals surface area contributed by atoms with E-state index in [4.69, 9.17) is 16.7 Å². The Bertz CT molecular complexity index is 180. The van der Waals surface area contributed by atoms with Crippen LogP contribution >= 0.6 is 11.6 Å². The van der Waals surface area contributed by atoms with Crippen LogP contribution in [0.4, 0.5) is 0 Å². The molecule has 0 aromatic rings. The third-order valence-corrected chi connectivity index (χ3v) is 1.51. The minimum absolute atomic E-state index is 0.177. The Hall–Kier alpha value is -0.600. The van der Waals surface area contributed by atoms with Gasteiger partial charge >= 0.3 is 0 Å². The SMILES string of the molecule is OCC1(Cl)C=CC=CC=N1. The van der Waals surface area contributed by atoms with Crippen molar-refractivity contribution >= 4 is 17.8 Å². The molecule has 1 aliphatic heterocycles. The molecule has 1 unspecified atom stereocenters. The van der Waals surface area contributed by atoms with Crippen LogP contribution in [0.5, 0.6) is 0 Å². The summed E-state index contributed by atoms with van der Waals surface area (Å²) in [5, 5.41) is 8.75. The van der Waals surface area contributed by atoms with Crippen molar-refractivity contribution < 1.29 is 5.11 Å². The molecule has 10 heavy (non-hydrogen) atoms. The number of rotatable bonds is 1. The highest BCUT2D eigenvalue weighted by atomic mass is 35.5. The second-order valence-electron chi connectivity index (χ2n) is 2.00. The summed E-state index contributed by atoms with van der Waals surface area (Å²) in [6, 6.07) is 0. The number of allylic oxidation sites excluding steroid dienone is 3. The van der Waals surface area contributed by atoms with Crippen LogP contribution in [0.25, 0.3) is 0 Å². The van der Waals surface area contributed by atoms with Crippen molar-refractivity contribution in [1.29, 1.82) is 0 Å². The van der Waals surface area contributed by atoms with E-state index in [1.165, 1.54) is 0 Å². The first-order valence-electron chi connectivity index (χ1n) is 2.96. The molecule has 0 aliphatic carbocycles. The van der Waals surface area contributed by atoms with Crippen molar-refractivity contribution in [3.05, 3.63) is 24.3 Å². The van der Waals surface area contributed by atoms with Crippen LogP contribution in [0.3, 0.4) is 0 Å². The third kappa shape index (κ3) is 1.69. The normalized spacial score (nSPS) is 30.6. The molecule has 0 radical (unpaired) electrons. The quantitative estimate of drug-likeness (QED) is 0.449. The van der Waals surface area contributed by atoms with Gasteiger partial charge in [-0.3, -0.25) is 4.99 Å². The van der Waals surface area contributed by atoms with E-state index in [2.05, 4.69) is 4.99 Å². The Morgan fingerprint density at radius 3 is 2.90 bits per heavy atom. The molecular formula is C7H8ClNO. The van der Waals surface area contributed by atoms with Gasteiger partial charge in [0.05, 0.1) is 6.61 Å². The van der Waals surface area contributed by atoms with E-state index < -0.39 is 5.00 Å². The summed E-state index contributed by atoms with van der Waals surface area (Å²) >= 11 is 5.79. The first-order chi connectivity index (χ1) is 4.77. The minimum Gasteiger partial charge on any atom is -0.392 e. The largest absolute Gasteiger partial charge is 0.392 e. The van der Waals surface area contributed by atoms with Gasteiger partial charge in [-0.15, -0.1) is 0 Å². The van der Waals surface area contributed by atoms with Gasteiger partial charge in [0.15, 0.2) is 5.00 Å². The lowest BCUT2D eigenvalue weighted by Crippen LogP contribution is -2.19. The summed E-state index contributed by atoms with van der Waals surface area (Å²) in [6.45, 7) is -0.177. The molecule has 0 aromatic carbocycles. The number of nitrogens with zero attached hydrogens (tertiary/aromatic N) is 1. The summed E-state index contributed by atoms with van der Waals surface area (Å²) in [5.41, 5.74) is 0. The van der Waals surface area contributed by atoms with Crippen molar-refractivity contribution in [1.82, 2.24) is 0 Å². The van der Waals surface area contributed by atoms with Gasteiger partial charge in [-0.05, 0) is 12.2 Å². The Morgan fingerprint density at radius 1 is 1.40 bits per heavy atom. The number of aliphatic hydroxyl groups is 1. The van der Waals surface area contributed by atoms with E-state index in [0.29, 0.717) is 0 Å². The van der Waals surface area contributed by atoms with E-state index in [9.17, 15) is 0 Å². The molecule has 0 fully saturated rings. The van der Waals surface area contributed by atoms with Crippen LogP contribution in [-0.4, -0.2) is 22.9 Å². The minimum atomic E-state index is -0.941. The van der Waals surface area contributed by atoms with Gasteiger partial charge in [0.2, 0.25) is 0 Å². The Kier molecular flexibility index (Phi) is 2.25. The molecule has 1 aliphatic rings. The number of hydrogen-bond donors (Lipinski definition) is 1. The van der Waals surface area contributed by atoms with E-state index in [1.54, 1.807) is 24.4 Å². The monoisotopic (exact) mass is 157 g/mol. The van der Waals surface area contributed by atoms with Crippen molar-refractivity contribution in [2.75, 3.05) is 6.61 Å². The summed E-state index contributed by atoms with van der Waals surface area (Å²) in [6.07, 6.45) is 8.55. The van der Waals surface area contributed by atoms with Crippen LogP contribution in [0, 0.1) is 0 Å². The molecule has 3 heteroatoms. The lowest BCUT2D eigenvalue weighted by molar-refractivity contribution is 0.270. The standard InChI is InChI=1S/C7H8ClNO/c8-7(6-10)4-2-1-3-5-9-7/h1-5,10H,6H2. The molecule has 54 valence electrons. The lowest BCUT2D eigenvalue weighted by Gasteiger charge is -2.12. The summed E-state index contributed by atoms with van der Waals surface area (Å²) in [7, 11) is 0. The van der Waals surface area contributed by atoms with Gasteiger partial charge in [0.25, 0.3) is 0 Å². The number of hydrogen-bond acceptors (Lipinski definition) is 2. The predicted molar refractivity (Wildman–Crippen MR) is 42.4 cm³/mol. The molecule has 0 aromatic heterocycles. The third-order valence-electron chi connectivity index (χ3n) is 1.17. The maximum Gasteiger partial charge on any atom is 0.175 e. The molecule has 0 saturated heterocycles. The smallest absolute Gasteiger partial charge is 0.175 e. The second kappa shape index (κ2) is 2.99. The zero-order valence-corrected chi connectivity index (χ0v) is 6.12. The molecule has 0 amide bonds. The average Bonchev–Trinajstić information content (AvgIpc) is 2.15. The van der Waals surface area contributed by atoms with Crippen LogP contribution in [0.2, 0.25) is 0 Å². The first-order valence-corrected chi connectivity index (χ1v) is 3.34. The highest BCUT2D eigenvalue weighted by Gasteiger charge is 2.19. The van der Waals surface area contributed by atoms with E-state index in [-0.39, 0.29) is 6.61 Å². The number of alkyl halides is 1. The highest BCUT2D eigenvalue weighted by Crippen LogP contribution is 2.18. The number of aliphatic hydroxyl groups excluding tert-OH is 1. The highest BCUT2D eigenvalue weighted by molar-refractivity contribution is 6.25. The van der Waals surface area contributed by atoms with Crippen molar-refractivity contribution in [2.45, 2.75) is 5.00 Å². The molecule has 0 saturated carbocycles. The predicted octanol–water partition coefficient (Wildman–Crippen LogP) is 1.11. The van der Waals surface area contributed by atoms with Gasteiger partial charge in [-0.25, -0.2) is 0 Å². The Labute approximate surface area is 64.5 Å². The number of aliphatic imine (C=N–C) groups is 1. The summed E-state index contributed by atoms with van der Waals surface area (Å²) in [5.74, 6) is 0. The fraction of sp³-hybridized carbons (Fsp3) is 0.286. The average molecular weight is 158 g/mol. The molecular weight excluding hydrogens is 150 g/mol. The van der Waals surface area contributed by atoms with Crippen molar-refractivity contribution in [3.63, 3.8) is 0 Å². The second-order valence-corrected chi connectivity index (χ2v) is 2.65. The number of halogens is 1. The fourth-order valence-corrected chi connectivity index (χ4v) is 0.749. The van der Waals surface area contributed by atoms with Gasteiger partial charge < -0.3 is 5.11 Å². The molecule has 1 atom stereocenters. The van der Waals surface area contributed by atoms with Crippen LogP contribution in [0.15, 0.2) is 29.3 Å². The maximum atomic E-state index is 8.75. The molecule has 1 rings (SSSR count). The van der Waals surface area contributed by atoms with Gasteiger partial charge in [-0.2, -0.15) is 0 Å². The topological polar surface area (TPSA) is 32.6 Å². The molecule has 1 heterocycles. The molecule has 1 N–H and O–H groups in total. The van der Waals surface area contributed by atoms with Crippen LogP contribution in [0.1, 0.15) is 0 Å². The first kappa shape index (κ1) is 7.51. The maximum absolute atomic E-state index is 8.75. The lowest BCUT2D eigenvalue weighted by atomic mass is 10.3. The summed E-state index contributed by atoms with van der Waals surface area (Å²) in [4.78, 5) is 2.95. The molecule has 2 nitrogen and oxygen atoms in total.